The van der Waals surface area contributed by atoms with Gasteiger partial charge in [-0.3, -0.25) is 13.8 Å². The summed E-state index contributed by atoms with van der Waals surface area (Å²) in [7, 11) is 1.63. The lowest BCUT2D eigenvalue weighted by atomic mass is 10.0. The summed E-state index contributed by atoms with van der Waals surface area (Å²) in [6, 6.07) is -0.752. The normalized spacial score (nSPS) is 13.9. The molecule has 390 valence electrons. The Balaban J connectivity index is 3.72. The summed E-state index contributed by atoms with van der Waals surface area (Å²) in [4.78, 5) is 23.1. The van der Waals surface area contributed by atoms with Crippen molar-refractivity contribution in [2.75, 3.05) is 40.9 Å². The van der Waals surface area contributed by atoms with Crippen LogP contribution in [0.4, 0.5) is 0 Å². The van der Waals surface area contributed by atoms with Crippen LogP contribution in [0.5, 0.6) is 0 Å². The molecule has 0 rings (SSSR count). The summed E-state index contributed by atoms with van der Waals surface area (Å²) in [6.07, 6.45) is 57.9. The van der Waals surface area contributed by atoms with Crippen molar-refractivity contribution in [1.29, 1.82) is 0 Å². The molecule has 3 N–H and O–H groups in total. The van der Waals surface area contributed by atoms with Gasteiger partial charge in [-0.1, -0.05) is 284 Å². The Morgan fingerprint density at radius 2 is 0.738 bits per heavy atom. The Morgan fingerprint density at radius 1 is 0.462 bits per heavy atom. The highest BCUT2D eigenvalue weighted by Crippen LogP contribution is 2.43. The lowest BCUT2D eigenvalue weighted by molar-refractivity contribution is -0.870. The van der Waals surface area contributed by atoms with Gasteiger partial charge in [-0.25, -0.2) is 4.57 Å². The monoisotopic (exact) mass is 944 g/mol. The number of quaternary nitrogens is 1. The maximum atomic E-state index is 12.9. The predicted molar refractivity (Wildman–Crippen MR) is 282 cm³/mol. The number of rotatable bonds is 54. The minimum atomic E-state index is -4.30. The Labute approximate surface area is 406 Å². The largest absolute Gasteiger partial charge is 0.472 e. The predicted octanol–water partition coefficient (Wildman–Crippen LogP) is 17.3. The standard InChI is InChI=1S/C56H115N2O6P/c1-6-8-10-12-14-15-16-17-18-19-20-21-22-23-24-25-26-27-28-29-30-31-32-33-34-35-36-37-38-39-40-41-42-44-46-48-50-56(60)57-54(55(59)49-47-45-43-13-11-9-7-2)53-64-65(61,62)63-52-51-58(3,4)5/h54-55,59H,6-53H2,1-5H3,(H-,57,60,61,62)/p+1. The SMILES string of the molecule is CCCCCCCCCCCCCCCCCCCCCCCCCCCCCCCCCCCCCCC(=O)NC(COP(=O)(O)OCC[N+](C)(C)C)C(O)CCCCCCCCC. The van der Waals surface area contributed by atoms with Gasteiger partial charge in [0.05, 0.1) is 39.9 Å². The first-order chi connectivity index (χ1) is 31.5. The number of carbonyl (C=O) groups is 1. The van der Waals surface area contributed by atoms with E-state index < -0.39 is 20.0 Å². The smallest absolute Gasteiger partial charge is 0.391 e. The van der Waals surface area contributed by atoms with E-state index in [2.05, 4.69) is 19.2 Å². The number of unbranched alkanes of at least 4 members (excludes halogenated alkanes) is 41. The van der Waals surface area contributed by atoms with Gasteiger partial charge in [0.1, 0.15) is 13.2 Å². The number of nitrogens with one attached hydrogen (secondary N) is 1. The van der Waals surface area contributed by atoms with Crippen molar-refractivity contribution < 1.29 is 32.9 Å². The number of phosphoric acid groups is 1. The lowest BCUT2D eigenvalue weighted by Gasteiger charge is -2.26. The number of likely N-dealkylation sites (N-methyl/N-ethyl adjacent to an activating group) is 1. The Kier molecular flexibility index (Phi) is 48.1. The fourth-order valence-corrected chi connectivity index (χ4v) is 9.79. The molecule has 0 aliphatic heterocycles. The number of aliphatic hydroxyl groups is 1. The van der Waals surface area contributed by atoms with E-state index in [1.54, 1.807) is 0 Å². The summed E-state index contributed by atoms with van der Waals surface area (Å²) in [5.41, 5.74) is 0. The van der Waals surface area contributed by atoms with Gasteiger partial charge in [0.2, 0.25) is 5.91 Å². The molecule has 0 aliphatic carbocycles. The first-order valence-corrected chi connectivity index (χ1v) is 30.4. The second-order valence-electron chi connectivity index (χ2n) is 21.4. The highest BCUT2D eigenvalue weighted by Gasteiger charge is 2.28. The summed E-state index contributed by atoms with van der Waals surface area (Å²) >= 11 is 0. The molecule has 0 aromatic rings. The van der Waals surface area contributed by atoms with E-state index in [1.807, 2.05) is 21.1 Å². The van der Waals surface area contributed by atoms with E-state index in [0.717, 1.165) is 38.5 Å². The van der Waals surface area contributed by atoms with Gasteiger partial charge in [-0.05, 0) is 12.8 Å². The van der Waals surface area contributed by atoms with Crippen LogP contribution in [0.3, 0.4) is 0 Å². The molecule has 65 heavy (non-hydrogen) atoms. The number of hydrogen-bond acceptors (Lipinski definition) is 5. The van der Waals surface area contributed by atoms with Gasteiger partial charge < -0.3 is 19.8 Å². The van der Waals surface area contributed by atoms with Crippen LogP contribution in [0.1, 0.15) is 303 Å². The molecule has 0 heterocycles. The number of hydrogen-bond donors (Lipinski definition) is 3. The lowest BCUT2D eigenvalue weighted by Crippen LogP contribution is -2.46. The van der Waals surface area contributed by atoms with Crippen LogP contribution < -0.4 is 5.32 Å². The maximum absolute atomic E-state index is 12.9. The van der Waals surface area contributed by atoms with E-state index in [1.165, 1.54) is 238 Å². The average molecular weight is 945 g/mol. The van der Waals surface area contributed by atoms with E-state index in [4.69, 9.17) is 9.05 Å². The molecule has 9 heteroatoms. The van der Waals surface area contributed by atoms with Gasteiger partial charge in [0.25, 0.3) is 0 Å². The molecule has 0 spiro atoms. The van der Waals surface area contributed by atoms with Crippen molar-refractivity contribution in [2.45, 2.75) is 315 Å². The van der Waals surface area contributed by atoms with Crippen LogP contribution in [0.2, 0.25) is 0 Å². The number of aliphatic hydroxyl groups excluding tert-OH is 1. The maximum Gasteiger partial charge on any atom is 0.472 e. The van der Waals surface area contributed by atoms with Crippen LogP contribution in [-0.4, -0.2) is 73.4 Å². The van der Waals surface area contributed by atoms with Crippen LogP contribution >= 0.6 is 7.82 Å². The van der Waals surface area contributed by atoms with Crippen molar-refractivity contribution in [2.24, 2.45) is 0 Å². The fraction of sp³-hybridized carbons (Fsp3) is 0.982. The van der Waals surface area contributed by atoms with Gasteiger partial charge in [-0.2, -0.15) is 0 Å². The van der Waals surface area contributed by atoms with Gasteiger partial charge in [0.15, 0.2) is 0 Å². The molecule has 0 aromatic carbocycles. The number of nitrogens with zero attached hydrogens (tertiary/aromatic N) is 1. The fourth-order valence-electron chi connectivity index (χ4n) is 9.05. The second kappa shape index (κ2) is 48.5. The van der Waals surface area contributed by atoms with E-state index >= 15 is 0 Å². The third kappa shape index (κ3) is 51.2. The molecule has 0 aromatic heterocycles. The molecule has 0 saturated heterocycles. The highest BCUT2D eigenvalue weighted by atomic mass is 31.2. The Hall–Kier alpha value is -0.500. The third-order valence-electron chi connectivity index (χ3n) is 13.6. The minimum absolute atomic E-state index is 0.0780. The second-order valence-corrected chi connectivity index (χ2v) is 22.8. The van der Waals surface area contributed by atoms with E-state index in [0.29, 0.717) is 23.9 Å². The van der Waals surface area contributed by atoms with Crippen molar-refractivity contribution >= 4 is 13.7 Å². The van der Waals surface area contributed by atoms with E-state index in [9.17, 15) is 19.4 Å². The molecule has 3 unspecified atom stereocenters. The van der Waals surface area contributed by atoms with Crippen molar-refractivity contribution in [3.05, 3.63) is 0 Å². The zero-order valence-corrected chi connectivity index (χ0v) is 45.4. The zero-order chi connectivity index (χ0) is 47.8. The zero-order valence-electron chi connectivity index (χ0n) is 44.5. The van der Waals surface area contributed by atoms with Gasteiger partial charge >= 0.3 is 7.82 Å². The van der Waals surface area contributed by atoms with Crippen LogP contribution in [0, 0.1) is 0 Å². The van der Waals surface area contributed by atoms with Gasteiger partial charge in [0, 0.05) is 6.42 Å². The van der Waals surface area contributed by atoms with Crippen molar-refractivity contribution in [1.82, 2.24) is 5.32 Å². The van der Waals surface area contributed by atoms with Crippen molar-refractivity contribution in [3.8, 4) is 0 Å². The van der Waals surface area contributed by atoms with Crippen LogP contribution in [0.25, 0.3) is 0 Å². The highest BCUT2D eigenvalue weighted by molar-refractivity contribution is 7.47. The Morgan fingerprint density at radius 3 is 1.03 bits per heavy atom. The molecule has 0 saturated carbocycles. The first kappa shape index (κ1) is 64.5. The molecule has 8 nitrogen and oxygen atoms in total. The Bertz CT molecular complexity index is 1030. The van der Waals surface area contributed by atoms with Crippen LogP contribution in [-0.2, 0) is 18.4 Å². The summed E-state index contributed by atoms with van der Waals surface area (Å²) in [5, 5.41) is 13.9. The van der Waals surface area contributed by atoms with Gasteiger partial charge in [-0.15, -0.1) is 0 Å². The first-order valence-electron chi connectivity index (χ1n) is 28.9. The molecule has 1 amide bonds. The molecule has 0 aliphatic rings. The molecule has 3 atom stereocenters. The van der Waals surface area contributed by atoms with Crippen molar-refractivity contribution in [3.63, 3.8) is 0 Å². The third-order valence-corrected chi connectivity index (χ3v) is 14.6. The topological polar surface area (TPSA) is 105 Å². The number of amides is 1. The minimum Gasteiger partial charge on any atom is -0.391 e. The molecular weight excluding hydrogens is 828 g/mol. The number of carbonyl (C=O) groups excluding carboxylic acids is 1. The summed E-state index contributed by atoms with van der Waals surface area (Å²) < 4.78 is 23.6. The molecule has 0 radical (unpaired) electrons. The molecule has 0 fully saturated rings. The summed E-state index contributed by atoms with van der Waals surface area (Å²) in [5.74, 6) is -0.142. The quantitative estimate of drug-likeness (QED) is 0.0319. The molecule has 0 bridgehead atoms. The average Bonchev–Trinajstić information content (AvgIpc) is 3.26. The van der Waals surface area contributed by atoms with E-state index in [-0.39, 0.29) is 19.1 Å². The summed E-state index contributed by atoms with van der Waals surface area (Å²) in [6.45, 7) is 4.88. The molecular formula is C56H116N2O6P+. The van der Waals surface area contributed by atoms with Crippen LogP contribution in [0.15, 0.2) is 0 Å². The number of phosphoric ester groups is 1.